The number of carbonyl (C=O) groups excluding carboxylic acids is 1. The number of methoxy groups -OCH3 is 1. The number of nitro groups is 1. The van der Waals surface area contributed by atoms with Gasteiger partial charge >= 0.3 is 11.8 Å². The number of hydrogen-bond donors (Lipinski definition) is 2. The van der Waals surface area contributed by atoms with Crippen LogP contribution in [0, 0.1) is 15.5 Å². The Balaban J connectivity index is 0.00000242. The van der Waals surface area contributed by atoms with Crippen molar-refractivity contribution in [2.24, 2.45) is 5.41 Å². The number of nitro benzene ring substituents is 1. The fourth-order valence-corrected chi connectivity index (χ4v) is 2.30. The number of cyclic esters (lactones) is 1. The van der Waals surface area contributed by atoms with Gasteiger partial charge in [0.2, 0.25) is 5.75 Å². The van der Waals surface area contributed by atoms with Gasteiger partial charge in [-0.2, -0.15) is 0 Å². The molecule has 0 spiro atoms. The molecule has 1 aliphatic heterocycles. The van der Waals surface area contributed by atoms with Crippen molar-refractivity contribution in [3.8, 4) is 11.5 Å². The first-order valence-corrected chi connectivity index (χ1v) is 6.25. The predicted molar refractivity (Wildman–Crippen MR) is 79.6 cm³/mol. The number of carbonyl (C=O) groups is 1. The van der Waals surface area contributed by atoms with Gasteiger partial charge in [0, 0.05) is 11.5 Å². The Morgan fingerprint density at radius 1 is 1.50 bits per heavy atom. The summed E-state index contributed by atoms with van der Waals surface area (Å²) in [5, 5.41) is 23.5. The summed E-state index contributed by atoms with van der Waals surface area (Å²) in [7, 11) is 1.30. The van der Waals surface area contributed by atoms with Crippen LogP contribution in [-0.2, 0) is 4.74 Å². The van der Waals surface area contributed by atoms with Crippen molar-refractivity contribution in [2.45, 2.75) is 19.9 Å². The van der Waals surface area contributed by atoms with E-state index in [1.807, 2.05) is 13.8 Å². The highest BCUT2D eigenvalue weighted by atomic mass is 35.5. The van der Waals surface area contributed by atoms with E-state index in [2.05, 4.69) is 5.32 Å². The van der Waals surface area contributed by atoms with Gasteiger partial charge in [0.25, 0.3) is 0 Å². The lowest BCUT2D eigenvalue weighted by Gasteiger charge is -2.38. The quantitative estimate of drug-likeness (QED) is 0.650. The van der Waals surface area contributed by atoms with Gasteiger partial charge in [0.05, 0.1) is 18.1 Å². The van der Waals surface area contributed by atoms with Crippen molar-refractivity contribution in [2.75, 3.05) is 13.7 Å². The maximum absolute atomic E-state index is 11.4. The molecule has 0 radical (unpaired) electrons. The van der Waals surface area contributed by atoms with E-state index in [-0.39, 0.29) is 24.8 Å². The first kappa shape index (κ1) is 17.8. The van der Waals surface area contributed by atoms with Crippen LogP contribution in [-0.4, -0.2) is 29.8 Å². The van der Waals surface area contributed by atoms with Crippen LogP contribution in [0.4, 0.5) is 10.5 Å². The third kappa shape index (κ3) is 3.16. The lowest BCUT2D eigenvalue weighted by molar-refractivity contribution is -0.386. The van der Waals surface area contributed by atoms with Gasteiger partial charge in [0.15, 0.2) is 5.75 Å². The van der Waals surface area contributed by atoms with E-state index >= 15 is 0 Å². The van der Waals surface area contributed by atoms with Crippen LogP contribution >= 0.6 is 12.4 Å². The van der Waals surface area contributed by atoms with Gasteiger partial charge in [-0.3, -0.25) is 10.1 Å². The molecule has 1 aliphatic rings. The molecule has 8 nitrogen and oxygen atoms in total. The molecule has 0 saturated carbocycles. The average Bonchev–Trinajstić information content (AvgIpc) is 2.41. The molecule has 0 unspecified atom stereocenters. The number of nitrogens with one attached hydrogen (secondary N) is 1. The SMILES string of the molecule is COc1cc([C@@H]2NC(=O)OCC2(C)C)cc([N+](=O)[O-])c1O.Cl. The molecule has 22 heavy (non-hydrogen) atoms. The molecule has 0 aliphatic carbocycles. The Kier molecular flexibility index (Phi) is 5.08. The van der Waals surface area contributed by atoms with E-state index in [9.17, 15) is 20.0 Å². The molecule has 0 bridgehead atoms. The number of hydrogen-bond acceptors (Lipinski definition) is 6. The van der Waals surface area contributed by atoms with Crippen LogP contribution in [0.25, 0.3) is 0 Å². The maximum atomic E-state index is 11.4. The fourth-order valence-electron chi connectivity index (χ4n) is 2.30. The number of rotatable bonds is 3. The number of amides is 1. The summed E-state index contributed by atoms with van der Waals surface area (Å²) in [6.07, 6.45) is -0.589. The maximum Gasteiger partial charge on any atom is 0.407 e. The van der Waals surface area contributed by atoms with Crippen molar-refractivity contribution in [1.82, 2.24) is 5.32 Å². The summed E-state index contributed by atoms with van der Waals surface area (Å²) in [6, 6.07) is 2.21. The lowest BCUT2D eigenvalue weighted by atomic mass is 9.80. The third-order valence-electron chi connectivity index (χ3n) is 3.45. The number of alkyl carbamates (subject to hydrolysis) is 1. The van der Waals surface area contributed by atoms with Crippen molar-refractivity contribution >= 4 is 24.2 Å². The normalized spacial score (nSPS) is 19.4. The summed E-state index contributed by atoms with van der Waals surface area (Å²) < 4.78 is 9.90. The molecule has 2 rings (SSSR count). The second-order valence-corrected chi connectivity index (χ2v) is 5.49. The zero-order chi connectivity index (χ0) is 15.8. The molecule has 1 aromatic rings. The highest BCUT2D eigenvalue weighted by Crippen LogP contribution is 2.43. The van der Waals surface area contributed by atoms with Gasteiger partial charge in [-0.05, 0) is 11.6 Å². The number of ether oxygens (including phenoxy) is 2. The summed E-state index contributed by atoms with van der Waals surface area (Å²) in [5.41, 5.74) is -0.470. The number of phenols is 1. The molecule has 1 heterocycles. The predicted octanol–water partition coefficient (Wildman–Crippen LogP) is 2.54. The summed E-state index contributed by atoms with van der Waals surface area (Å²) in [4.78, 5) is 21.8. The first-order chi connectivity index (χ1) is 9.76. The fraction of sp³-hybridized carbons (Fsp3) is 0.462. The second-order valence-electron chi connectivity index (χ2n) is 5.49. The molecule has 1 fully saturated rings. The Morgan fingerprint density at radius 2 is 2.14 bits per heavy atom. The summed E-state index contributed by atoms with van der Waals surface area (Å²) in [5.74, 6) is -0.557. The standard InChI is InChI=1S/C13H16N2O6.ClH/c1-13(2)6-21-12(17)14-11(13)7-4-8(15(18)19)10(16)9(5-7)20-3;/h4-5,11,16H,6H2,1-3H3,(H,14,17);1H/t11-;/m0./s1. The van der Waals surface area contributed by atoms with Gasteiger partial charge in [-0.15, -0.1) is 12.4 Å². The summed E-state index contributed by atoms with van der Waals surface area (Å²) >= 11 is 0. The largest absolute Gasteiger partial charge is 0.500 e. The van der Waals surface area contributed by atoms with Crippen molar-refractivity contribution in [1.29, 1.82) is 0 Å². The van der Waals surface area contributed by atoms with Crippen LogP contribution in [0.3, 0.4) is 0 Å². The third-order valence-corrected chi connectivity index (χ3v) is 3.45. The minimum absolute atomic E-state index is 0. The first-order valence-electron chi connectivity index (χ1n) is 6.25. The monoisotopic (exact) mass is 332 g/mol. The molecule has 0 aromatic heterocycles. The number of halogens is 1. The molecule has 1 saturated heterocycles. The molecule has 122 valence electrons. The van der Waals surface area contributed by atoms with Gasteiger partial charge in [-0.1, -0.05) is 13.8 Å². The zero-order valence-electron chi connectivity index (χ0n) is 12.3. The van der Waals surface area contributed by atoms with E-state index in [1.165, 1.54) is 19.2 Å². The molecular weight excluding hydrogens is 316 g/mol. The minimum atomic E-state index is -0.699. The number of benzene rings is 1. The van der Waals surface area contributed by atoms with Gasteiger partial charge in [0.1, 0.15) is 6.61 Å². The van der Waals surface area contributed by atoms with Crippen molar-refractivity contribution in [3.63, 3.8) is 0 Å². The summed E-state index contributed by atoms with van der Waals surface area (Å²) in [6.45, 7) is 3.91. The highest BCUT2D eigenvalue weighted by molar-refractivity contribution is 5.85. The number of phenolic OH excluding ortho intramolecular Hbond substituents is 1. The van der Waals surface area contributed by atoms with Crippen LogP contribution in [0.2, 0.25) is 0 Å². The van der Waals surface area contributed by atoms with Crippen molar-refractivity contribution in [3.05, 3.63) is 27.8 Å². The van der Waals surface area contributed by atoms with Crippen LogP contribution < -0.4 is 10.1 Å². The van der Waals surface area contributed by atoms with Crippen LogP contribution in [0.15, 0.2) is 12.1 Å². The highest BCUT2D eigenvalue weighted by Gasteiger charge is 2.39. The van der Waals surface area contributed by atoms with Crippen LogP contribution in [0.5, 0.6) is 11.5 Å². The second kappa shape index (κ2) is 6.27. The van der Waals surface area contributed by atoms with Crippen molar-refractivity contribution < 1.29 is 24.3 Å². The molecule has 2 N–H and O–H groups in total. The molecule has 1 aromatic carbocycles. The van der Waals surface area contributed by atoms with Gasteiger partial charge < -0.3 is 19.9 Å². The minimum Gasteiger partial charge on any atom is -0.500 e. The smallest absolute Gasteiger partial charge is 0.407 e. The number of aromatic hydroxyl groups is 1. The number of nitrogens with zero attached hydrogens (tertiary/aromatic N) is 1. The van der Waals surface area contributed by atoms with E-state index < -0.39 is 33.9 Å². The Bertz CT molecular complexity index is 604. The zero-order valence-corrected chi connectivity index (χ0v) is 13.1. The average molecular weight is 333 g/mol. The Morgan fingerprint density at radius 3 is 2.68 bits per heavy atom. The Hall–Kier alpha value is -2.22. The van der Waals surface area contributed by atoms with E-state index in [1.54, 1.807) is 0 Å². The molecule has 9 heteroatoms. The molecule has 1 amide bonds. The molecule has 1 atom stereocenters. The van der Waals surface area contributed by atoms with Gasteiger partial charge in [-0.25, -0.2) is 4.79 Å². The van der Waals surface area contributed by atoms with E-state index in [4.69, 9.17) is 9.47 Å². The Labute approximate surface area is 133 Å². The van der Waals surface area contributed by atoms with Crippen LogP contribution in [0.1, 0.15) is 25.5 Å². The molecular formula is C13H17ClN2O6. The van der Waals surface area contributed by atoms with E-state index in [0.717, 1.165) is 0 Å². The lowest BCUT2D eigenvalue weighted by Crippen LogP contribution is -2.46. The van der Waals surface area contributed by atoms with E-state index in [0.29, 0.717) is 5.56 Å². The topological polar surface area (TPSA) is 111 Å².